The lowest BCUT2D eigenvalue weighted by Crippen LogP contribution is -2.64. The Bertz CT molecular complexity index is 2080. The standard InChI is InChI=1S/C58H112N3O33P3/c1-39(2)58(36-80-21-18-30-89-95(74,75)86-27-15-9-6-12-24-83-55-46(59-40(3)65)52(71)49(68)43(33-62)92-55,37-81-22-19-31-90-96(76,77)87-28-16-10-7-13-25-84-56-47(60-41(4)66)53(72)50(69)44(34-63)93-56)38-82-23-20-32-91-97(78,79)88-29-17-11-8-14-26-85-57-48(61-42(5)67)54(73)51(70)45(35-64)94-57/h39,43-57,62-64,68-73H,6-38H2,1-5H3,(H,59,65)(H,60,66)(H,61,67)(H,74,75)(H,76,77)(H,78,79). The maximum absolute atomic E-state index is 12.7. The molecule has 97 heavy (non-hydrogen) atoms. The van der Waals surface area contributed by atoms with Gasteiger partial charge in [0.1, 0.15) is 73.1 Å². The lowest BCUT2D eigenvalue weighted by molar-refractivity contribution is -0.270. The van der Waals surface area contributed by atoms with Crippen LogP contribution in [0, 0.1) is 11.3 Å². The molecule has 3 aliphatic heterocycles. The molecule has 0 aromatic heterocycles. The van der Waals surface area contributed by atoms with Crippen LogP contribution in [0.15, 0.2) is 0 Å². The molecule has 3 saturated heterocycles. The van der Waals surface area contributed by atoms with E-state index in [1.54, 1.807) is 0 Å². The number of carbonyl (C=O) groups is 3. The van der Waals surface area contributed by atoms with E-state index in [-0.39, 0.29) is 124 Å². The molecule has 18 unspecified atom stereocenters. The van der Waals surface area contributed by atoms with Gasteiger partial charge in [-0.2, -0.15) is 0 Å². The first-order valence-corrected chi connectivity index (χ1v) is 37.6. The van der Waals surface area contributed by atoms with Gasteiger partial charge in [-0.1, -0.05) is 52.4 Å². The lowest BCUT2D eigenvalue weighted by Gasteiger charge is -2.42. The van der Waals surface area contributed by atoms with Crippen molar-refractivity contribution in [3.8, 4) is 0 Å². The lowest BCUT2D eigenvalue weighted by atomic mass is 9.79. The summed E-state index contributed by atoms with van der Waals surface area (Å²) in [6.45, 7) is 5.92. The number of hydrogen-bond acceptors (Lipinski definition) is 30. The summed E-state index contributed by atoms with van der Waals surface area (Å²) in [5, 5.41) is 98.0. The largest absolute Gasteiger partial charge is 0.472 e. The Labute approximate surface area is 567 Å². The Morgan fingerprint density at radius 1 is 0.371 bits per heavy atom. The van der Waals surface area contributed by atoms with Crippen LogP contribution >= 0.6 is 23.5 Å². The third-order valence-electron chi connectivity index (χ3n) is 15.9. The predicted molar refractivity (Wildman–Crippen MR) is 338 cm³/mol. The number of phosphoric ester groups is 3. The molecule has 39 heteroatoms. The van der Waals surface area contributed by atoms with Gasteiger partial charge in [-0.05, 0) is 63.7 Å². The first kappa shape index (κ1) is 89.2. The second-order valence-corrected chi connectivity index (χ2v) is 28.7. The van der Waals surface area contributed by atoms with Gasteiger partial charge in [0.15, 0.2) is 18.9 Å². The number of amides is 3. The predicted octanol–water partition coefficient (Wildman–Crippen LogP) is -0.188. The molecule has 15 N–H and O–H groups in total. The van der Waals surface area contributed by atoms with E-state index in [1.807, 2.05) is 13.8 Å². The third kappa shape index (κ3) is 34.9. The molecule has 3 aliphatic rings. The second kappa shape index (κ2) is 48.1. The van der Waals surface area contributed by atoms with Crippen LogP contribution in [0.5, 0.6) is 0 Å². The maximum Gasteiger partial charge on any atom is 0.472 e. The number of phosphoric acid groups is 3. The number of unbranched alkanes of at least 4 members (excludes halogenated alkanes) is 9. The quantitative estimate of drug-likeness (QED) is 0.0277. The fraction of sp³-hybridized carbons (Fsp3) is 0.948. The van der Waals surface area contributed by atoms with Crippen LogP contribution < -0.4 is 16.0 Å². The minimum absolute atomic E-state index is 0.0790. The van der Waals surface area contributed by atoms with E-state index in [2.05, 4.69) is 16.0 Å². The highest BCUT2D eigenvalue weighted by Gasteiger charge is 2.48. The molecule has 3 amide bonds. The van der Waals surface area contributed by atoms with Crippen molar-refractivity contribution in [2.75, 3.05) is 119 Å². The Kier molecular flexibility index (Phi) is 44.3. The van der Waals surface area contributed by atoms with Gasteiger partial charge in [0.2, 0.25) is 17.7 Å². The van der Waals surface area contributed by atoms with Crippen molar-refractivity contribution in [3.05, 3.63) is 0 Å². The Morgan fingerprint density at radius 3 is 0.814 bits per heavy atom. The van der Waals surface area contributed by atoms with Gasteiger partial charge in [-0.25, -0.2) is 13.7 Å². The first-order valence-electron chi connectivity index (χ1n) is 33.1. The highest BCUT2D eigenvalue weighted by molar-refractivity contribution is 7.47. The van der Waals surface area contributed by atoms with E-state index in [9.17, 15) is 88.7 Å². The van der Waals surface area contributed by atoms with Gasteiger partial charge in [0.05, 0.1) is 79.3 Å². The second-order valence-electron chi connectivity index (χ2n) is 24.3. The molecule has 3 heterocycles. The minimum atomic E-state index is -4.43. The van der Waals surface area contributed by atoms with Gasteiger partial charge in [0, 0.05) is 65.8 Å². The molecular formula is C58H112N3O33P3. The van der Waals surface area contributed by atoms with Crippen LogP contribution in [0.4, 0.5) is 0 Å². The molecule has 0 aromatic carbocycles. The van der Waals surface area contributed by atoms with Crippen LogP contribution in [-0.2, 0) is 97.9 Å². The summed E-state index contributed by atoms with van der Waals surface area (Å²) >= 11 is 0. The number of ether oxygens (including phenoxy) is 9. The van der Waals surface area contributed by atoms with Gasteiger partial charge < -0.3 is 119 Å². The summed E-state index contributed by atoms with van der Waals surface area (Å²) in [5.74, 6) is -1.58. The molecule has 0 aromatic rings. The molecule has 36 nitrogen and oxygen atoms in total. The summed E-state index contributed by atoms with van der Waals surface area (Å²) in [5.41, 5.74) is -0.803. The monoisotopic (exact) mass is 1470 g/mol. The van der Waals surface area contributed by atoms with Crippen LogP contribution in [0.1, 0.15) is 131 Å². The maximum atomic E-state index is 12.7. The molecule has 3 fully saturated rings. The third-order valence-corrected chi connectivity index (χ3v) is 19.0. The summed E-state index contributed by atoms with van der Waals surface area (Å²) in [4.78, 5) is 66.0. The van der Waals surface area contributed by atoms with Crippen LogP contribution in [0.3, 0.4) is 0 Å². The fourth-order valence-electron chi connectivity index (χ4n) is 10.2. The molecular weight excluding hydrogens is 1360 g/mol. The summed E-state index contributed by atoms with van der Waals surface area (Å²) < 4.78 is 121. The molecule has 0 radical (unpaired) electrons. The smallest absolute Gasteiger partial charge is 0.394 e. The van der Waals surface area contributed by atoms with Crippen molar-refractivity contribution < 1.29 is 158 Å². The average Bonchev–Trinajstić information content (AvgIpc) is 0.827. The van der Waals surface area contributed by atoms with Crippen molar-refractivity contribution in [1.82, 2.24) is 16.0 Å². The average molecular weight is 1470 g/mol. The molecule has 0 saturated carbocycles. The Morgan fingerprint density at radius 2 is 0.598 bits per heavy atom. The highest BCUT2D eigenvalue weighted by Crippen LogP contribution is 2.45. The molecule has 572 valence electrons. The van der Waals surface area contributed by atoms with Crippen molar-refractivity contribution in [2.45, 2.75) is 223 Å². The van der Waals surface area contributed by atoms with E-state index in [1.165, 1.54) is 20.8 Å². The fourth-order valence-corrected chi connectivity index (χ4v) is 12.6. The molecule has 3 rings (SSSR count). The summed E-state index contributed by atoms with van der Waals surface area (Å²) in [7, 11) is -13.3. The van der Waals surface area contributed by atoms with E-state index in [0.717, 1.165) is 0 Å². The molecule has 0 aliphatic carbocycles. The van der Waals surface area contributed by atoms with E-state index < -0.39 is 158 Å². The normalized spacial score (nSPS) is 28.7. The van der Waals surface area contributed by atoms with Gasteiger partial charge in [-0.15, -0.1) is 0 Å². The topological polar surface area (TPSA) is 520 Å². The zero-order chi connectivity index (χ0) is 72.0. The van der Waals surface area contributed by atoms with Crippen molar-refractivity contribution in [1.29, 1.82) is 0 Å². The summed E-state index contributed by atoms with van der Waals surface area (Å²) in [6.07, 6.45) is -8.46. The van der Waals surface area contributed by atoms with E-state index in [4.69, 9.17) is 69.8 Å². The number of nitrogens with one attached hydrogen (secondary N) is 3. The van der Waals surface area contributed by atoms with Gasteiger partial charge in [0.25, 0.3) is 0 Å². The first-order chi connectivity index (χ1) is 46.0. The van der Waals surface area contributed by atoms with Crippen molar-refractivity contribution >= 4 is 41.2 Å². The van der Waals surface area contributed by atoms with Gasteiger partial charge >= 0.3 is 23.5 Å². The molecule has 0 bridgehead atoms. The zero-order valence-corrected chi connectivity index (χ0v) is 59.0. The Hall–Kier alpha value is -1.98. The van der Waals surface area contributed by atoms with Crippen LogP contribution in [-0.4, -0.2) is 289 Å². The van der Waals surface area contributed by atoms with Crippen LogP contribution in [0.25, 0.3) is 0 Å². The number of rotatable bonds is 55. The van der Waals surface area contributed by atoms with E-state index >= 15 is 0 Å². The minimum Gasteiger partial charge on any atom is -0.394 e. The number of aliphatic hydroxyl groups is 9. The van der Waals surface area contributed by atoms with E-state index in [0.29, 0.717) is 77.0 Å². The zero-order valence-electron chi connectivity index (χ0n) is 56.4. The summed E-state index contributed by atoms with van der Waals surface area (Å²) in [6, 6.07) is -3.20. The number of carbonyl (C=O) groups excluding carboxylic acids is 3. The molecule has 18 atom stereocenters. The highest BCUT2D eigenvalue weighted by atomic mass is 31.2. The number of hydrogen-bond donors (Lipinski definition) is 15. The van der Waals surface area contributed by atoms with Gasteiger partial charge in [-0.3, -0.25) is 41.5 Å². The molecule has 0 spiro atoms. The number of aliphatic hydroxyl groups excluding tert-OH is 9. The van der Waals surface area contributed by atoms with Crippen molar-refractivity contribution in [2.24, 2.45) is 11.3 Å². The SMILES string of the molecule is CC(=O)NC1C(OCCCCCCOP(=O)(O)OCCCOCC(COCCCOP(=O)(O)OCCCCCCOC2OC(CO)C(O)C(O)C2NC(C)=O)(COCCCOP(=O)(O)OCCCCCCOC2OC(CO)C(O)C(O)C2NC(C)=O)C(C)C)OC(CO)C(O)C1O. The van der Waals surface area contributed by atoms with Crippen LogP contribution in [0.2, 0.25) is 0 Å². The van der Waals surface area contributed by atoms with Crippen molar-refractivity contribution in [3.63, 3.8) is 0 Å². The Balaban J connectivity index is 1.41.